The smallest absolute Gasteiger partial charge is 0.139 e. The summed E-state index contributed by atoms with van der Waals surface area (Å²) < 4.78 is 6.71. The van der Waals surface area contributed by atoms with Crippen molar-refractivity contribution in [1.29, 1.82) is 0 Å². The standard InChI is InChI=1S/C27H44O2/c1-16(2)9-12-22-17(3)25-23(29-22)14-21-19-11-10-18-8-6-7-13-26(18,4)20(19)15-24(28)27(21,25)5/h16-23,25H,6-15H2,1-5H3/t17-,18?,19-,20+,21+,22?,23+,25+,26+,27-/m1/s1. The van der Waals surface area contributed by atoms with Crippen molar-refractivity contribution < 1.29 is 9.53 Å². The van der Waals surface area contributed by atoms with Crippen LogP contribution in [0.2, 0.25) is 0 Å². The molecule has 4 aliphatic carbocycles. The third-order valence-electron chi connectivity index (χ3n) is 11.1. The van der Waals surface area contributed by atoms with Crippen LogP contribution < -0.4 is 0 Å². The molecular formula is C27H44O2. The third kappa shape index (κ3) is 2.86. The predicted molar refractivity (Wildman–Crippen MR) is 118 cm³/mol. The summed E-state index contributed by atoms with van der Waals surface area (Å²) in [5.41, 5.74) is 0.317. The lowest BCUT2D eigenvalue weighted by atomic mass is 9.44. The molecule has 2 nitrogen and oxygen atoms in total. The van der Waals surface area contributed by atoms with Crippen LogP contribution in [0.25, 0.3) is 0 Å². The van der Waals surface area contributed by atoms with Crippen LogP contribution in [0, 0.1) is 52.3 Å². The molecule has 10 atom stereocenters. The second-order valence-corrected chi connectivity index (χ2v) is 12.6. The Kier molecular flexibility index (Phi) is 5.01. The van der Waals surface area contributed by atoms with Crippen molar-refractivity contribution in [2.75, 3.05) is 0 Å². The van der Waals surface area contributed by atoms with Gasteiger partial charge in [0.05, 0.1) is 12.2 Å². The molecule has 0 spiro atoms. The molecule has 0 bridgehead atoms. The fourth-order valence-corrected chi connectivity index (χ4v) is 9.48. The van der Waals surface area contributed by atoms with Crippen molar-refractivity contribution in [3.8, 4) is 0 Å². The SMILES string of the molecule is CC(C)CCC1O[C@H]2C[C@H]3[C@@H]4CCC5CCCC[C@]5(C)[C@H]4CC(=O)[C@]3(C)[C@H]2[C@@H]1C. The number of rotatable bonds is 3. The zero-order chi connectivity index (χ0) is 20.6. The molecule has 2 heteroatoms. The van der Waals surface area contributed by atoms with E-state index in [0.717, 1.165) is 30.6 Å². The molecule has 0 aromatic rings. The van der Waals surface area contributed by atoms with Gasteiger partial charge in [-0.05, 0) is 85.9 Å². The number of fused-ring (bicyclic) bond motifs is 7. The van der Waals surface area contributed by atoms with Crippen molar-refractivity contribution in [3.63, 3.8) is 0 Å². The number of carbonyl (C=O) groups excluding carboxylic acids is 1. The highest BCUT2D eigenvalue weighted by molar-refractivity contribution is 5.87. The fraction of sp³-hybridized carbons (Fsp3) is 0.963. The minimum absolute atomic E-state index is 0.115. The summed E-state index contributed by atoms with van der Waals surface area (Å²) in [5.74, 6) is 5.24. The van der Waals surface area contributed by atoms with E-state index in [9.17, 15) is 4.79 Å². The normalized spacial score (nSPS) is 54.1. The molecule has 0 amide bonds. The molecule has 164 valence electrons. The van der Waals surface area contributed by atoms with Crippen LogP contribution in [0.5, 0.6) is 0 Å². The fourth-order valence-electron chi connectivity index (χ4n) is 9.48. The molecular weight excluding hydrogens is 356 g/mol. The van der Waals surface area contributed by atoms with Crippen LogP contribution in [-0.4, -0.2) is 18.0 Å². The maximum atomic E-state index is 13.9. The number of hydrogen-bond donors (Lipinski definition) is 0. The largest absolute Gasteiger partial charge is 0.374 e. The Morgan fingerprint density at radius 2 is 1.90 bits per heavy atom. The Morgan fingerprint density at radius 1 is 1.10 bits per heavy atom. The van der Waals surface area contributed by atoms with Crippen LogP contribution in [0.3, 0.4) is 0 Å². The van der Waals surface area contributed by atoms with E-state index in [1.165, 1.54) is 51.4 Å². The van der Waals surface area contributed by atoms with Crippen molar-refractivity contribution in [2.45, 2.75) is 111 Å². The number of Topliss-reactive ketones (excluding diaryl/α,β-unsaturated/α-hetero) is 1. The number of carbonyl (C=O) groups is 1. The average molecular weight is 401 g/mol. The average Bonchev–Trinajstić information content (AvgIpc) is 3.15. The minimum atomic E-state index is -0.115. The molecule has 0 radical (unpaired) electrons. The molecule has 0 aromatic heterocycles. The first-order chi connectivity index (χ1) is 13.8. The molecule has 0 N–H and O–H groups in total. The second kappa shape index (κ2) is 7.07. The summed E-state index contributed by atoms with van der Waals surface area (Å²) in [6.45, 7) is 12.0. The van der Waals surface area contributed by atoms with Crippen molar-refractivity contribution >= 4 is 5.78 Å². The minimum Gasteiger partial charge on any atom is -0.374 e. The van der Waals surface area contributed by atoms with Crippen molar-refractivity contribution in [2.24, 2.45) is 52.3 Å². The summed E-state index contributed by atoms with van der Waals surface area (Å²) in [6, 6.07) is 0. The van der Waals surface area contributed by atoms with Gasteiger partial charge in [0.15, 0.2) is 0 Å². The van der Waals surface area contributed by atoms with Crippen LogP contribution in [0.1, 0.15) is 98.8 Å². The van der Waals surface area contributed by atoms with Gasteiger partial charge in [-0.1, -0.05) is 47.5 Å². The van der Waals surface area contributed by atoms with Crippen LogP contribution in [0.15, 0.2) is 0 Å². The molecule has 0 aromatic carbocycles. The quantitative estimate of drug-likeness (QED) is 0.529. The van der Waals surface area contributed by atoms with Gasteiger partial charge in [0.25, 0.3) is 0 Å². The first kappa shape index (κ1) is 20.5. The van der Waals surface area contributed by atoms with E-state index >= 15 is 0 Å². The molecule has 4 saturated carbocycles. The summed E-state index contributed by atoms with van der Waals surface area (Å²) in [5, 5.41) is 0. The lowest BCUT2D eigenvalue weighted by Crippen LogP contribution is -2.56. The van der Waals surface area contributed by atoms with Gasteiger partial charge >= 0.3 is 0 Å². The van der Waals surface area contributed by atoms with E-state index in [0.29, 0.717) is 47.1 Å². The van der Waals surface area contributed by atoms with Crippen molar-refractivity contribution in [3.05, 3.63) is 0 Å². The Hall–Kier alpha value is -0.370. The van der Waals surface area contributed by atoms with E-state index in [2.05, 4.69) is 34.6 Å². The van der Waals surface area contributed by atoms with E-state index in [-0.39, 0.29) is 5.41 Å². The highest BCUT2D eigenvalue weighted by atomic mass is 16.5. The first-order valence-corrected chi connectivity index (χ1v) is 13.0. The van der Waals surface area contributed by atoms with Crippen molar-refractivity contribution in [1.82, 2.24) is 0 Å². The molecule has 29 heavy (non-hydrogen) atoms. The monoisotopic (exact) mass is 400 g/mol. The van der Waals surface area contributed by atoms with Gasteiger partial charge in [-0.2, -0.15) is 0 Å². The van der Waals surface area contributed by atoms with Crippen LogP contribution >= 0.6 is 0 Å². The molecule has 1 saturated heterocycles. The lowest BCUT2D eigenvalue weighted by Gasteiger charge is -2.60. The van der Waals surface area contributed by atoms with E-state index in [4.69, 9.17) is 4.74 Å². The lowest BCUT2D eigenvalue weighted by molar-refractivity contribution is -0.157. The molecule has 1 aliphatic heterocycles. The third-order valence-corrected chi connectivity index (χ3v) is 11.1. The Bertz CT molecular complexity index is 655. The van der Waals surface area contributed by atoms with Gasteiger partial charge in [-0.15, -0.1) is 0 Å². The van der Waals surface area contributed by atoms with Gasteiger partial charge < -0.3 is 4.74 Å². The predicted octanol–water partition coefficient (Wildman–Crippen LogP) is 6.66. The van der Waals surface area contributed by atoms with E-state index < -0.39 is 0 Å². The molecule has 5 rings (SSSR count). The molecule has 1 heterocycles. The summed E-state index contributed by atoms with van der Waals surface area (Å²) in [4.78, 5) is 13.9. The Morgan fingerprint density at radius 3 is 2.66 bits per heavy atom. The summed E-state index contributed by atoms with van der Waals surface area (Å²) >= 11 is 0. The Labute approximate surface area is 178 Å². The van der Waals surface area contributed by atoms with Crippen LogP contribution in [-0.2, 0) is 9.53 Å². The van der Waals surface area contributed by atoms with Gasteiger partial charge in [0.1, 0.15) is 5.78 Å². The second-order valence-electron chi connectivity index (χ2n) is 12.6. The Balaban J connectivity index is 1.41. The topological polar surface area (TPSA) is 26.3 Å². The maximum Gasteiger partial charge on any atom is 0.139 e. The van der Waals surface area contributed by atoms with Gasteiger partial charge in [0, 0.05) is 17.8 Å². The van der Waals surface area contributed by atoms with E-state index in [1.54, 1.807) is 0 Å². The summed E-state index contributed by atoms with van der Waals surface area (Å²) in [7, 11) is 0. The zero-order valence-electron chi connectivity index (χ0n) is 19.6. The highest BCUT2D eigenvalue weighted by Gasteiger charge is 2.68. The van der Waals surface area contributed by atoms with E-state index in [1.807, 2.05) is 0 Å². The highest BCUT2D eigenvalue weighted by Crippen LogP contribution is 2.69. The number of ether oxygens (including phenoxy) is 1. The molecule has 2 unspecified atom stereocenters. The first-order valence-electron chi connectivity index (χ1n) is 13.0. The maximum absolute atomic E-state index is 13.9. The summed E-state index contributed by atoms with van der Waals surface area (Å²) in [6.07, 6.45) is 13.6. The van der Waals surface area contributed by atoms with Gasteiger partial charge in [-0.25, -0.2) is 0 Å². The van der Waals surface area contributed by atoms with Crippen LogP contribution in [0.4, 0.5) is 0 Å². The molecule has 5 aliphatic rings. The number of ketones is 1. The van der Waals surface area contributed by atoms with Gasteiger partial charge in [0.2, 0.25) is 0 Å². The number of hydrogen-bond acceptors (Lipinski definition) is 2. The van der Waals surface area contributed by atoms with Gasteiger partial charge in [-0.3, -0.25) is 4.79 Å². The molecule has 5 fully saturated rings. The zero-order valence-corrected chi connectivity index (χ0v) is 19.6.